The van der Waals surface area contributed by atoms with Crippen molar-refractivity contribution in [2.75, 3.05) is 6.61 Å². The monoisotopic (exact) mass is 302 g/mol. The van der Waals surface area contributed by atoms with E-state index in [2.05, 4.69) is 15.3 Å². The molecule has 1 aromatic carbocycles. The molecule has 0 saturated carbocycles. The SMILES string of the molecule is CCOC(=O)c1cn2ncc(-c3ccc(Cl)cc3)c2nn1. The van der Waals surface area contributed by atoms with Gasteiger partial charge >= 0.3 is 5.97 Å². The lowest BCUT2D eigenvalue weighted by atomic mass is 10.1. The first-order chi connectivity index (χ1) is 10.2. The summed E-state index contributed by atoms with van der Waals surface area (Å²) in [6.07, 6.45) is 3.17. The number of halogens is 1. The van der Waals surface area contributed by atoms with Gasteiger partial charge in [-0.3, -0.25) is 0 Å². The highest BCUT2D eigenvalue weighted by molar-refractivity contribution is 6.30. The number of aromatic nitrogens is 4. The Hall–Kier alpha value is -2.47. The number of carbonyl (C=O) groups excluding carboxylic acids is 1. The van der Waals surface area contributed by atoms with E-state index in [0.29, 0.717) is 10.7 Å². The Morgan fingerprint density at radius 3 is 2.76 bits per heavy atom. The molecule has 0 unspecified atom stereocenters. The van der Waals surface area contributed by atoms with Crippen molar-refractivity contribution in [2.45, 2.75) is 6.92 Å². The molecular weight excluding hydrogens is 292 g/mol. The number of nitrogens with zero attached hydrogens (tertiary/aromatic N) is 4. The molecule has 0 aliphatic rings. The molecule has 21 heavy (non-hydrogen) atoms. The van der Waals surface area contributed by atoms with Gasteiger partial charge in [0.05, 0.1) is 19.0 Å². The summed E-state index contributed by atoms with van der Waals surface area (Å²) in [5, 5.41) is 12.8. The van der Waals surface area contributed by atoms with Crippen LogP contribution in [0.2, 0.25) is 5.02 Å². The maximum atomic E-state index is 11.6. The molecule has 3 rings (SSSR count). The number of rotatable bonds is 3. The number of benzene rings is 1. The smallest absolute Gasteiger partial charge is 0.360 e. The standard InChI is InChI=1S/C14H11ClN4O2/c1-2-21-14(20)12-8-19-13(18-17-12)11(7-16-19)9-3-5-10(15)6-4-9/h3-8H,2H2,1H3. The van der Waals surface area contributed by atoms with Crippen molar-refractivity contribution >= 4 is 23.2 Å². The minimum Gasteiger partial charge on any atom is -0.461 e. The Morgan fingerprint density at radius 2 is 2.05 bits per heavy atom. The number of ether oxygens (including phenoxy) is 1. The lowest BCUT2D eigenvalue weighted by molar-refractivity contribution is 0.0517. The lowest BCUT2D eigenvalue weighted by Crippen LogP contribution is -2.10. The van der Waals surface area contributed by atoms with Crippen LogP contribution in [-0.4, -0.2) is 32.4 Å². The van der Waals surface area contributed by atoms with Crippen molar-refractivity contribution in [1.29, 1.82) is 0 Å². The molecule has 7 heteroatoms. The lowest BCUT2D eigenvalue weighted by Gasteiger charge is -2.01. The molecular formula is C14H11ClN4O2. The first kappa shape index (κ1) is 13.5. The Labute approximate surface area is 125 Å². The highest BCUT2D eigenvalue weighted by atomic mass is 35.5. The van der Waals surface area contributed by atoms with Gasteiger partial charge in [0.1, 0.15) is 0 Å². The zero-order valence-electron chi connectivity index (χ0n) is 11.2. The normalized spacial score (nSPS) is 10.8. The van der Waals surface area contributed by atoms with Gasteiger partial charge in [0.2, 0.25) is 0 Å². The Kier molecular flexibility index (Phi) is 3.53. The Bertz CT molecular complexity index is 798. The first-order valence-corrected chi connectivity index (χ1v) is 6.71. The summed E-state index contributed by atoms with van der Waals surface area (Å²) in [6.45, 7) is 2.02. The summed E-state index contributed by atoms with van der Waals surface area (Å²) in [7, 11) is 0. The summed E-state index contributed by atoms with van der Waals surface area (Å²) in [5.41, 5.74) is 2.42. The van der Waals surface area contributed by atoms with Gasteiger partial charge in [0.25, 0.3) is 0 Å². The van der Waals surface area contributed by atoms with Crippen LogP contribution >= 0.6 is 11.6 Å². The van der Waals surface area contributed by atoms with Gasteiger partial charge in [-0.15, -0.1) is 10.2 Å². The number of hydrogen-bond acceptors (Lipinski definition) is 5. The number of carbonyl (C=O) groups is 1. The molecule has 106 valence electrons. The van der Waals surface area contributed by atoms with E-state index in [1.165, 1.54) is 10.7 Å². The molecule has 0 saturated heterocycles. The van der Waals surface area contributed by atoms with E-state index in [-0.39, 0.29) is 12.3 Å². The van der Waals surface area contributed by atoms with Crippen LogP contribution in [0.3, 0.4) is 0 Å². The van der Waals surface area contributed by atoms with E-state index in [1.807, 2.05) is 12.1 Å². The number of esters is 1. The van der Waals surface area contributed by atoms with Gasteiger partial charge in [-0.2, -0.15) is 5.10 Å². The predicted octanol–water partition coefficient (Wildman–Crippen LogP) is 2.62. The van der Waals surface area contributed by atoms with Gasteiger partial charge in [0, 0.05) is 10.6 Å². The van der Waals surface area contributed by atoms with Gasteiger partial charge in [-0.1, -0.05) is 23.7 Å². The number of fused-ring (bicyclic) bond motifs is 1. The predicted molar refractivity (Wildman–Crippen MR) is 77.2 cm³/mol. The summed E-state index contributed by atoms with van der Waals surface area (Å²) in [6, 6.07) is 7.34. The zero-order valence-corrected chi connectivity index (χ0v) is 11.9. The fourth-order valence-electron chi connectivity index (χ4n) is 1.92. The summed E-state index contributed by atoms with van der Waals surface area (Å²) in [4.78, 5) is 11.6. The van der Waals surface area contributed by atoms with Crippen molar-refractivity contribution in [1.82, 2.24) is 19.8 Å². The first-order valence-electron chi connectivity index (χ1n) is 6.33. The van der Waals surface area contributed by atoms with Crippen molar-refractivity contribution in [3.05, 3.63) is 47.4 Å². The molecule has 0 radical (unpaired) electrons. The fraction of sp³-hybridized carbons (Fsp3) is 0.143. The second-order valence-electron chi connectivity index (χ2n) is 4.27. The molecule has 0 bridgehead atoms. The van der Waals surface area contributed by atoms with E-state index in [0.717, 1.165) is 11.1 Å². The summed E-state index contributed by atoms with van der Waals surface area (Å²) >= 11 is 5.88. The molecule has 2 heterocycles. The van der Waals surface area contributed by atoms with Crippen LogP contribution in [0, 0.1) is 0 Å². The molecule has 0 aliphatic carbocycles. The third-order valence-electron chi connectivity index (χ3n) is 2.91. The van der Waals surface area contributed by atoms with Gasteiger partial charge in [0.15, 0.2) is 11.3 Å². The maximum Gasteiger partial charge on any atom is 0.360 e. The van der Waals surface area contributed by atoms with E-state index >= 15 is 0 Å². The average molecular weight is 303 g/mol. The van der Waals surface area contributed by atoms with Gasteiger partial charge < -0.3 is 4.74 Å². The van der Waals surface area contributed by atoms with Crippen LogP contribution in [0.5, 0.6) is 0 Å². The van der Waals surface area contributed by atoms with E-state index in [1.54, 1.807) is 25.3 Å². The highest BCUT2D eigenvalue weighted by Gasteiger charge is 2.14. The molecule has 0 amide bonds. The zero-order chi connectivity index (χ0) is 14.8. The Balaban J connectivity index is 2.03. The van der Waals surface area contributed by atoms with Crippen LogP contribution in [0.15, 0.2) is 36.7 Å². The minimum atomic E-state index is -0.518. The third kappa shape index (κ3) is 2.57. The van der Waals surface area contributed by atoms with Crippen molar-refractivity contribution in [3.63, 3.8) is 0 Å². The van der Waals surface area contributed by atoms with Gasteiger partial charge in [-0.25, -0.2) is 9.31 Å². The van der Waals surface area contributed by atoms with Crippen LogP contribution < -0.4 is 0 Å². The summed E-state index contributed by atoms with van der Waals surface area (Å²) in [5.74, 6) is -0.518. The average Bonchev–Trinajstić information content (AvgIpc) is 2.91. The highest BCUT2D eigenvalue weighted by Crippen LogP contribution is 2.24. The van der Waals surface area contributed by atoms with Crippen molar-refractivity contribution in [3.8, 4) is 11.1 Å². The number of hydrogen-bond donors (Lipinski definition) is 0. The van der Waals surface area contributed by atoms with Crippen molar-refractivity contribution < 1.29 is 9.53 Å². The minimum absolute atomic E-state index is 0.120. The summed E-state index contributed by atoms with van der Waals surface area (Å²) < 4.78 is 6.39. The topological polar surface area (TPSA) is 69.4 Å². The molecule has 6 nitrogen and oxygen atoms in total. The quantitative estimate of drug-likeness (QED) is 0.696. The molecule has 0 N–H and O–H groups in total. The molecule has 0 aliphatic heterocycles. The second kappa shape index (κ2) is 5.49. The fourth-order valence-corrected chi connectivity index (χ4v) is 2.05. The Morgan fingerprint density at radius 1 is 1.29 bits per heavy atom. The third-order valence-corrected chi connectivity index (χ3v) is 3.16. The van der Waals surface area contributed by atoms with Crippen LogP contribution in [0.25, 0.3) is 16.8 Å². The van der Waals surface area contributed by atoms with Crippen LogP contribution in [-0.2, 0) is 4.74 Å². The molecule has 2 aromatic heterocycles. The molecule has 0 atom stereocenters. The molecule has 0 fully saturated rings. The van der Waals surface area contributed by atoms with Gasteiger partial charge in [-0.05, 0) is 24.6 Å². The maximum absolute atomic E-state index is 11.6. The van der Waals surface area contributed by atoms with E-state index in [9.17, 15) is 4.79 Å². The van der Waals surface area contributed by atoms with E-state index < -0.39 is 5.97 Å². The van der Waals surface area contributed by atoms with Crippen LogP contribution in [0.1, 0.15) is 17.4 Å². The molecule has 3 aromatic rings. The largest absolute Gasteiger partial charge is 0.461 e. The van der Waals surface area contributed by atoms with E-state index in [4.69, 9.17) is 16.3 Å². The van der Waals surface area contributed by atoms with Crippen molar-refractivity contribution in [2.24, 2.45) is 0 Å². The molecule has 0 spiro atoms. The second-order valence-corrected chi connectivity index (χ2v) is 4.70. The van der Waals surface area contributed by atoms with Crippen LogP contribution in [0.4, 0.5) is 0 Å².